The van der Waals surface area contributed by atoms with Crippen molar-refractivity contribution >= 4 is 17.5 Å². The van der Waals surface area contributed by atoms with E-state index in [4.69, 9.17) is 5.21 Å². The van der Waals surface area contributed by atoms with Crippen LogP contribution in [0.5, 0.6) is 0 Å². The Balaban J connectivity index is 1.52. The number of hydrogen-bond donors (Lipinski definition) is 3. The number of fused-ring (bicyclic) bond motifs is 1. The van der Waals surface area contributed by atoms with Gasteiger partial charge in [0.2, 0.25) is 0 Å². The van der Waals surface area contributed by atoms with Crippen molar-refractivity contribution in [1.82, 2.24) is 5.48 Å². The third-order valence-electron chi connectivity index (χ3n) is 5.51. The van der Waals surface area contributed by atoms with Crippen molar-refractivity contribution < 1.29 is 5.21 Å². The average Bonchev–Trinajstić information content (AvgIpc) is 3.13. The van der Waals surface area contributed by atoms with Gasteiger partial charge < -0.3 is 15.4 Å². The molecular formula is C26H29N3O. The topological polar surface area (TPSA) is 47.5 Å². The van der Waals surface area contributed by atoms with Crippen LogP contribution in [0.15, 0.2) is 84.9 Å². The van der Waals surface area contributed by atoms with Gasteiger partial charge >= 0.3 is 0 Å². The van der Waals surface area contributed by atoms with Crippen LogP contribution in [0.2, 0.25) is 0 Å². The molecule has 4 nitrogen and oxygen atoms in total. The molecule has 0 radical (unpaired) electrons. The summed E-state index contributed by atoms with van der Waals surface area (Å²) in [7, 11) is 0. The van der Waals surface area contributed by atoms with E-state index >= 15 is 0 Å². The number of nitrogens with one attached hydrogen (secondary N) is 2. The minimum atomic E-state index is 0.262. The summed E-state index contributed by atoms with van der Waals surface area (Å²) in [4.78, 5) is 2.48. The van der Waals surface area contributed by atoms with Crippen molar-refractivity contribution in [2.75, 3.05) is 16.8 Å². The first-order valence-electron chi connectivity index (χ1n) is 10.6. The molecule has 154 valence electrons. The SMILES string of the molecule is ONCC/C=C/c1ccc2c(c1)NC(CCc1ccccc1)N2Cc1ccccc1. The van der Waals surface area contributed by atoms with E-state index in [1.807, 2.05) is 0 Å². The number of nitrogens with zero attached hydrogens (tertiary/aromatic N) is 1. The van der Waals surface area contributed by atoms with Crippen molar-refractivity contribution in [3.05, 3.63) is 102 Å². The second kappa shape index (κ2) is 10.1. The largest absolute Gasteiger partial charge is 0.363 e. The Bertz CT molecular complexity index is 957. The van der Waals surface area contributed by atoms with Gasteiger partial charge in [-0.25, -0.2) is 5.48 Å². The summed E-state index contributed by atoms with van der Waals surface area (Å²) in [5, 5.41) is 12.5. The van der Waals surface area contributed by atoms with Crippen LogP contribution in [0, 0.1) is 0 Å². The molecule has 4 heteroatoms. The highest BCUT2D eigenvalue weighted by atomic mass is 16.5. The van der Waals surface area contributed by atoms with Gasteiger partial charge in [-0.2, -0.15) is 0 Å². The van der Waals surface area contributed by atoms with E-state index in [1.54, 1.807) is 0 Å². The van der Waals surface area contributed by atoms with Gasteiger partial charge in [0.15, 0.2) is 0 Å². The molecule has 0 spiro atoms. The Labute approximate surface area is 178 Å². The zero-order valence-corrected chi connectivity index (χ0v) is 17.2. The van der Waals surface area contributed by atoms with Crippen LogP contribution >= 0.6 is 0 Å². The molecule has 3 aromatic rings. The van der Waals surface area contributed by atoms with Crippen LogP contribution in [-0.4, -0.2) is 17.9 Å². The summed E-state index contributed by atoms with van der Waals surface area (Å²) in [6.07, 6.45) is 7.32. The first-order valence-corrected chi connectivity index (χ1v) is 10.6. The molecule has 0 fully saturated rings. The van der Waals surface area contributed by atoms with Crippen molar-refractivity contribution in [1.29, 1.82) is 0 Å². The number of rotatable bonds is 9. The Morgan fingerprint density at radius 2 is 1.67 bits per heavy atom. The van der Waals surface area contributed by atoms with E-state index in [0.717, 1.165) is 25.8 Å². The summed E-state index contributed by atoms with van der Waals surface area (Å²) < 4.78 is 0. The van der Waals surface area contributed by atoms with Crippen molar-refractivity contribution in [2.24, 2.45) is 0 Å². The van der Waals surface area contributed by atoms with Crippen molar-refractivity contribution in [2.45, 2.75) is 32.0 Å². The van der Waals surface area contributed by atoms with E-state index in [9.17, 15) is 0 Å². The molecule has 3 aromatic carbocycles. The van der Waals surface area contributed by atoms with Gasteiger partial charge in [-0.15, -0.1) is 0 Å². The molecular weight excluding hydrogens is 370 g/mol. The Hall–Kier alpha value is -3.08. The van der Waals surface area contributed by atoms with Gasteiger partial charge in [-0.05, 0) is 48.1 Å². The fourth-order valence-corrected chi connectivity index (χ4v) is 3.97. The predicted octanol–water partition coefficient (Wildman–Crippen LogP) is 5.46. The first kappa shape index (κ1) is 20.2. The van der Waals surface area contributed by atoms with Crippen molar-refractivity contribution in [3.63, 3.8) is 0 Å². The van der Waals surface area contributed by atoms with E-state index in [1.165, 1.54) is 28.1 Å². The van der Waals surface area contributed by atoms with E-state index in [0.29, 0.717) is 6.54 Å². The number of hydroxylamine groups is 1. The number of benzene rings is 3. The predicted molar refractivity (Wildman–Crippen MR) is 125 cm³/mol. The van der Waals surface area contributed by atoms with Gasteiger partial charge in [0, 0.05) is 13.1 Å². The summed E-state index contributed by atoms with van der Waals surface area (Å²) in [5.41, 5.74) is 8.49. The Morgan fingerprint density at radius 3 is 2.40 bits per heavy atom. The zero-order chi connectivity index (χ0) is 20.6. The van der Waals surface area contributed by atoms with E-state index in [2.05, 4.69) is 107 Å². The minimum absolute atomic E-state index is 0.262. The number of aryl methyl sites for hydroxylation is 1. The lowest BCUT2D eigenvalue weighted by Gasteiger charge is -2.27. The third-order valence-corrected chi connectivity index (χ3v) is 5.51. The molecule has 3 N–H and O–H groups in total. The maximum Gasteiger partial charge on any atom is 0.0997 e. The average molecular weight is 400 g/mol. The first-order chi connectivity index (χ1) is 14.8. The van der Waals surface area contributed by atoms with Crippen LogP contribution in [0.1, 0.15) is 29.5 Å². The molecule has 0 saturated heterocycles. The summed E-state index contributed by atoms with van der Waals surface area (Å²) in [5.74, 6) is 0. The Kier molecular flexibility index (Phi) is 6.80. The van der Waals surface area contributed by atoms with Crippen molar-refractivity contribution in [3.8, 4) is 0 Å². The highest BCUT2D eigenvalue weighted by Crippen LogP contribution is 2.38. The minimum Gasteiger partial charge on any atom is -0.363 e. The fraction of sp³-hybridized carbons (Fsp3) is 0.231. The number of anilines is 2. The molecule has 1 aliphatic heterocycles. The lowest BCUT2D eigenvalue weighted by atomic mass is 10.1. The number of hydrogen-bond acceptors (Lipinski definition) is 4. The summed E-state index contributed by atoms with van der Waals surface area (Å²) in [6, 6.07) is 28.0. The highest BCUT2D eigenvalue weighted by Gasteiger charge is 2.28. The van der Waals surface area contributed by atoms with Gasteiger partial charge in [0.05, 0.1) is 17.5 Å². The molecule has 1 aliphatic rings. The second-order valence-corrected chi connectivity index (χ2v) is 7.67. The lowest BCUT2D eigenvalue weighted by Crippen LogP contribution is -2.35. The maximum atomic E-state index is 8.70. The van der Waals surface area contributed by atoms with Crippen LogP contribution in [0.25, 0.3) is 6.08 Å². The van der Waals surface area contributed by atoms with Gasteiger partial charge in [-0.1, -0.05) is 78.9 Å². The van der Waals surface area contributed by atoms with Crippen LogP contribution in [-0.2, 0) is 13.0 Å². The molecule has 0 aromatic heterocycles. The molecule has 0 bridgehead atoms. The lowest BCUT2D eigenvalue weighted by molar-refractivity contribution is 0.169. The maximum absolute atomic E-state index is 8.70. The third kappa shape index (κ3) is 5.09. The molecule has 1 atom stereocenters. The van der Waals surface area contributed by atoms with Crippen LogP contribution in [0.4, 0.5) is 11.4 Å². The Morgan fingerprint density at radius 1 is 0.933 bits per heavy atom. The highest BCUT2D eigenvalue weighted by molar-refractivity contribution is 5.78. The zero-order valence-electron chi connectivity index (χ0n) is 17.2. The fourth-order valence-electron chi connectivity index (χ4n) is 3.97. The van der Waals surface area contributed by atoms with E-state index < -0.39 is 0 Å². The summed E-state index contributed by atoms with van der Waals surface area (Å²) in [6.45, 7) is 1.45. The summed E-state index contributed by atoms with van der Waals surface area (Å²) >= 11 is 0. The van der Waals surface area contributed by atoms with Gasteiger partial charge in [-0.3, -0.25) is 0 Å². The van der Waals surface area contributed by atoms with Crippen LogP contribution in [0.3, 0.4) is 0 Å². The van der Waals surface area contributed by atoms with Gasteiger partial charge in [0.1, 0.15) is 0 Å². The molecule has 1 unspecified atom stereocenters. The molecule has 0 amide bonds. The second-order valence-electron chi connectivity index (χ2n) is 7.67. The smallest absolute Gasteiger partial charge is 0.0997 e. The monoisotopic (exact) mass is 399 g/mol. The van der Waals surface area contributed by atoms with E-state index in [-0.39, 0.29) is 6.17 Å². The molecule has 1 heterocycles. The molecule has 30 heavy (non-hydrogen) atoms. The van der Waals surface area contributed by atoms with Crippen LogP contribution < -0.4 is 15.7 Å². The normalized spacial score (nSPS) is 15.4. The molecule has 4 rings (SSSR count). The molecule has 0 aliphatic carbocycles. The standard InChI is InChI=1S/C26H29N3O/c30-27-18-8-7-11-22-14-16-25-24(19-22)28-26(17-15-21-9-3-1-4-10-21)29(25)20-23-12-5-2-6-13-23/h1-7,9-14,16,19,26-28,30H,8,15,17-18,20H2/b11-7+. The van der Waals surface area contributed by atoms with Gasteiger partial charge in [0.25, 0.3) is 0 Å². The molecule has 0 saturated carbocycles. The quantitative estimate of drug-likeness (QED) is 0.330.